The molecular weight excluding hydrogens is 434 g/mol. The van der Waals surface area contributed by atoms with Gasteiger partial charge < -0.3 is 20.3 Å². The fraction of sp³-hybridized carbons (Fsp3) is 0.440. The number of hydrogen-bond donors (Lipinski definition) is 2. The summed E-state index contributed by atoms with van der Waals surface area (Å²) in [5.74, 6) is 0.962. The van der Waals surface area contributed by atoms with Crippen molar-refractivity contribution >= 4 is 22.8 Å². The number of nitrogens with one attached hydrogen (secondary N) is 2. The molecule has 178 valence electrons. The lowest BCUT2D eigenvalue weighted by Gasteiger charge is -2.42. The Bertz CT molecular complexity index is 1180. The minimum Gasteiger partial charge on any atom is -0.496 e. The summed E-state index contributed by atoms with van der Waals surface area (Å²) in [6.45, 7) is 2.66. The number of carbonyl (C=O) groups is 2. The monoisotopic (exact) mass is 463 g/mol. The molecular formula is C25H29N5O4. The Balaban J connectivity index is 1.31. The van der Waals surface area contributed by atoms with Gasteiger partial charge in [0.25, 0.3) is 5.91 Å². The number of methoxy groups -OCH3 is 1. The van der Waals surface area contributed by atoms with Gasteiger partial charge in [0.05, 0.1) is 7.11 Å². The summed E-state index contributed by atoms with van der Waals surface area (Å²) in [4.78, 5) is 28.9. The number of fused-ring (bicyclic) bond motifs is 1. The van der Waals surface area contributed by atoms with Gasteiger partial charge in [0.2, 0.25) is 5.91 Å². The molecule has 1 aromatic heterocycles. The third kappa shape index (κ3) is 4.23. The Labute approximate surface area is 197 Å². The molecule has 9 heteroatoms. The van der Waals surface area contributed by atoms with E-state index in [1.165, 1.54) is 5.56 Å². The summed E-state index contributed by atoms with van der Waals surface area (Å²) < 4.78 is 10.3. The first-order valence-corrected chi connectivity index (χ1v) is 11.8. The summed E-state index contributed by atoms with van der Waals surface area (Å²) in [7, 11) is 1.69. The molecule has 0 atom stereocenters. The molecule has 2 saturated heterocycles. The first-order valence-electron chi connectivity index (χ1n) is 11.8. The molecule has 9 nitrogen and oxygen atoms in total. The van der Waals surface area contributed by atoms with Gasteiger partial charge in [-0.25, -0.2) is 4.63 Å². The largest absolute Gasteiger partial charge is 0.496 e. The van der Waals surface area contributed by atoms with E-state index in [1.807, 2.05) is 23.1 Å². The van der Waals surface area contributed by atoms with Gasteiger partial charge in [-0.2, -0.15) is 0 Å². The van der Waals surface area contributed by atoms with Crippen LogP contribution in [0.2, 0.25) is 0 Å². The highest BCUT2D eigenvalue weighted by Crippen LogP contribution is 2.35. The van der Waals surface area contributed by atoms with Crippen LogP contribution >= 0.6 is 0 Å². The third-order valence-electron chi connectivity index (χ3n) is 7.10. The molecule has 0 radical (unpaired) electrons. The molecule has 0 aliphatic carbocycles. The number of hydrogen-bond acceptors (Lipinski definition) is 7. The minimum absolute atomic E-state index is 0.00464. The predicted molar refractivity (Wildman–Crippen MR) is 126 cm³/mol. The maximum atomic E-state index is 13.8. The van der Waals surface area contributed by atoms with Crippen molar-refractivity contribution in [2.45, 2.75) is 37.1 Å². The van der Waals surface area contributed by atoms with Crippen LogP contribution < -0.4 is 15.4 Å². The average Bonchev–Trinajstić information content (AvgIpc) is 3.37. The zero-order valence-corrected chi connectivity index (χ0v) is 19.3. The van der Waals surface area contributed by atoms with Gasteiger partial charge >= 0.3 is 0 Å². The van der Waals surface area contributed by atoms with Crippen molar-refractivity contribution in [2.24, 2.45) is 0 Å². The van der Waals surface area contributed by atoms with E-state index in [0.29, 0.717) is 61.5 Å². The number of nitrogens with zero attached hydrogens (tertiary/aromatic N) is 3. The van der Waals surface area contributed by atoms with Gasteiger partial charge in [-0.1, -0.05) is 18.2 Å². The molecule has 2 aliphatic rings. The zero-order chi connectivity index (χ0) is 23.5. The Kier molecular flexibility index (Phi) is 6.19. The van der Waals surface area contributed by atoms with Crippen LogP contribution in [-0.4, -0.2) is 65.9 Å². The van der Waals surface area contributed by atoms with Crippen LogP contribution in [0.4, 0.5) is 0 Å². The molecule has 3 aromatic rings. The van der Waals surface area contributed by atoms with E-state index >= 15 is 0 Å². The second-order valence-corrected chi connectivity index (χ2v) is 9.06. The molecule has 0 saturated carbocycles. The first kappa shape index (κ1) is 22.3. The van der Waals surface area contributed by atoms with Crippen LogP contribution in [0.15, 0.2) is 47.1 Å². The lowest BCUT2D eigenvalue weighted by Crippen LogP contribution is -2.64. The van der Waals surface area contributed by atoms with Gasteiger partial charge in [-0.15, -0.1) is 0 Å². The summed E-state index contributed by atoms with van der Waals surface area (Å²) >= 11 is 0. The van der Waals surface area contributed by atoms with E-state index in [2.05, 4.69) is 27.0 Å². The molecule has 3 heterocycles. The van der Waals surface area contributed by atoms with Crippen molar-refractivity contribution < 1.29 is 19.0 Å². The van der Waals surface area contributed by atoms with E-state index in [9.17, 15) is 9.59 Å². The molecule has 0 bridgehead atoms. The number of benzene rings is 2. The number of carbonyl (C=O) groups excluding carboxylic acids is 2. The third-order valence-corrected chi connectivity index (χ3v) is 7.10. The number of ether oxygens (including phenoxy) is 1. The molecule has 2 aromatic carbocycles. The second-order valence-electron chi connectivity index (χ2n) is 9.06. The standard InChI is InChI=1S/C25H29N5O4/c1-33-22-5-3-2-4-19(22)17-8-14-30(15-9-17)24(32)25(10-12-26-13-11-25)27-23(31)18-6-7-20-21(16-18)29-34-28-20/h2-7,16-17,26H,8-15H2,1H3,(H,27,31). The van der Waals surface area contributed by atoms with Gasteiger partial charge in [0, 0.05) is 18.7 Å². The highest BCUT2D eigenvalue weighted by molar-refractivity contribution is 6.01. The van der Waals surface area contributed by atoms with Crippen molar-refractivity contribution in [3.63, 3.8) is 0 Å². The zero-order valence-electron chi connectivity index (χ0n) is 19.3. The molecule has 0 spiro atoms. The lowest BCUT2D eigenvalue weighted by molar-refractivity contribution is -0.140. The average molecular weight is 464 g/mol. The number of piperidine rings is 2. The van der Waals surface area contributed by atoms with Gasteiger partial charge in [0.15, 0.2) is 0 Å². The van der Waals surface area contributed by atoms with E-state index in [4.69, 9.17) is 9.37 Å². The topological polar surface area (TPSA) is 110 Å². The number of amides is 2. The van der Waals surface area contributed by atoms with Crippen LogP contribution in [-0.2, 0) is 4.79 Å². The van der Waals surface area contributed by atoms with Crippen LogP contribution in [0.3, 0.4) is 0 Å². The van der Waals surface area contributed by atoms with Gasteiger partial charge in [0.1, 0.15) is 22.3 Å². The number of rotatable bonds is 5. The molecule has 2 fully saturated rings. The fourth-order valence-corrected chi connectivity index (χ4v) is 5.16. The van der Waals surface area contributed by atoms with Crippen LogP contribution in [0.1, 0.15) is 47.5 Å². The van der Waals surface area contributed by atoms with Gasteiger partial charge in [-0.3, -0.25) is 9.59 Å². The molecule has 2 N–H and O–H groups in total. The number of likely N-dealkylation sites (tertiary alicyclic amines) is 1. The normalized spacial score (nSPS) is 18.6. The van der Waals surface area contributed by atoms with E-state index < -0.39 is 5.54 Å². The Hall–Kier alpha value is -3.46. The van der Waals surface area contributed by atoms with Crippen molar-refractivity contribution in [1.82, 2.24) is 25.8 Å². The highest BCUT2D eigenvalue weighted by Gasteiger charge is 2.44. The summed E-state index contributed by atoms with van der Waals surface area (Å²) in [6.07, 6.45) is 2.84. The summed E-state index contributed by atoms with van der Waals surface area (Å²) in [5, 5.41) is 14.0. The molecule has 0 unspecified atom stereocenters. The van der Waals surface area contributed by atoms with E-state index in [1.54, 1.807) is 25.3 Å². The van der Waals surface area contributed by atoms with Crippen molar-refractivity contribution in [1.29, 1.82) is 0 Å². The van der Waals surface area contributed by atoms with Crippen LogP contribution in [0.5, 0.6) is 5.75 Å². The Morgan fingerprint density at radius 2 is 1.82 bits per heavy atom. The first-order chi connectivity index (χ1) is 16.6. The minimum atomic E-state index is -0.920. The molecule has 2 aliphatic heterocycles. The van der Waals surface area contributed by atoms with Crippen molar-refractivity contribution in [3.05, 3.63) is 53.6 Å². The SMILES string of the molecule is COc1ccccc1C1CCN(C(=O)C2(NC(=O)c3ccc4nonc4c3)CCNCC2)CC1. The maximum Gasteiger partial charge on any atom is 0.252 e. The van der Waals surface area contributed by atoms with E-state index in [0.717, 1.165) is 18.6 Å². The van der Waals surface area contributed by atoms with Crippen molar-refractivity contribution in [2.75, 3.05) is 33.3 Å². The maximum absolute atomic E-state index is 13.8. The fourth-order valence-electron chi connectivity index (χ4n) is 5.16. The summed E-state index contributed by atoms with van der Waals surface area (Å²) in [6, 6.07) is 13.1. The smallest absolute Gasteiger partial charge is 0.252 e. The van der Waals surface area contributed by atoms with Crippen LogP contribution in [0, 0.1) is 0 Å². The number of aromatic nitrogens is 2. The lowest BCUT2D eigenvalue weighted by atomic mass is 9.84. The predicted octanol–water partition coefficient (Wildman–Crippen LogP) is 2.49. The van der Waals surface area contributed by atoms with Gasteiger partial charge in [-0.05, 0) is 84.8 Å². The van der Waals surface area contributed by atoms with Crippen LogP contribution in [0.25, 0.3) is 11.0 Å². The Morgan fingerprint density at radius 3 is 2.59 bits per heavy atom. The van der Waals surface area contributed by atoms with Crippen molar-refractivity contribution in [3.8, 4) is 5.75 Å². The van der Waals surface area contributed by atoms with E-state index in [-0.39, 0.29) is 11.8 Å². The summed E-state index contributed by atoms with van der Waals surface area (Å²) in [5.41, 5.74) is 1.80. The molecule has 2 amide bonds. The second kappa shape index (κ2) is 9.42. The number of para-hydroxylation sites is 1. The Morgan fingerprint density at radius 1 is 1.09 bits per heavy atom. The molecule has 34 heavy (non-hydrogen) atoms. The highest BCUT2D eigenvalue weighted by atomic mass is 16.6. The molecule has 5 rings (SSSR count). The quantitative estimate of drug-likeness (QED) is 0.598.